The van der Waals surface area contributed by atoms with Crippen LogP contribution >= 0.6 is 0 Å². The van der Waals surface area contributed by atoms with Crippen molar-refractivity contribution in [2.45, 2.75) is 6.92 Å². The molecule has 0 spiro atoms. The summed E-state index contributed by atoms with van der Waals surface area (Å²) in [5.41, 5.74) is 2.65. The van der Waals surface area contributed by atoms with Crippen LogP contribution in [0.3, 0.4) is 0 Å². The van der Waals surface area contributed by atoms with Crippen molar-refractivity contribution in [3.05, 3.63) is 35.5 Å². The third-order valence-electron chi connectivity index (χ3n) is 3.79. The van der Waals surface area contributed by atoms with Crippen LogP contribution < -0.4 is 10.2 Å². The fourth-order valence-corrected chi connectivity index (χ4v) is 2.86. The van der Waals surface area contributed by atoms with Crippen molar-refractivity contribution in [2.24, 2.45) is 0 Å². The lowest BCUT2D eigenvalue weighted by molar-refractivity contribution is -0.884. The number of para-hydroxylation sites is 1. The maximum Gasteiger partial charge on any atom is 0.275 e. The number of nitrogens with one attached hydrogen (secondary N) is 3. The van der Waals surface area contributed by atoms with Crippen molar-refractivity contribution >= 4 is 22.6 Å². The molecule has 1 atom stereocenters. The van der Waals surface area contributed by atoms with Crippen LogP contribution in [0.25, 0.3) is 10.9 Å². The van der Waals surface area contributed by atoms with E-state index < -0.39 is 0 Å². The van der Waals surface area contributed by atoms with Crippen LogP contribution in [0, 0.1) is 6.92 Å². The maximum atomic E-state index is 12.5. The summed E-state index contributed by atoms with van der Waals surface area (Å²) in [7, 11) is 0. The van der Waals surface area contributed by atoms with Gasteiger partial charge >= 0.3 is 0 Å². The molecule has 1 aliphatic heterocycles. The second-order valence-corrected chi connectivity index (χ2v) is 5.30. The van der Waals surface area contributed by atoms with Crippen LogP contribution in [0.1, 0.15) is 16.1 Å². The van der Waals surface area contributed by atoms with Crippen LogP contribution in [0.2, 0.25) is 0 Å². The van der Waals surface area contributed by atoms with E-state index in [2.05, 4.69) is 10.3 Å². The van der Waals surface area contributed by atoms with Gasteiger partial charge in [0.15, 0.2) is 6.54 Å². The van der Waals surface area contributed by atoms with Gasteiger partial charge in [-0.1, -0.05) is 18.2 Å². The minimum Gasteiger partial charge on any atom is -0.358 e. The van der Waals surface area contributed by atoms with E-state index in [1.807, 2.05) is 31.2 Å². The quantitative estimate of drug-likeness (QED) is 0.670. The van der Waals surface area contributed by atoms with Crippen molar-refractivity contribution in [3.8, 4) is 0 Å². The lowest BCUT2D eigenvalue weighted by atomic mass is 10.1. The van der Waals surface area contributed by atoms with E-state index >= 15 is 0 Å². The van der Waals surface area contributed by atoms with Crippen molar-refractivity contribution in [3.63, 3.8) is 0 Å². The van der Waals surface area contributed by atoms with Crippen LogP contribution in [0.15, 0.2) is 24.3 Å². The highest BCUT2D eigenvalue weighted by Crippen LogP contribution is 2.21. The zero-order chi connectivity index (χ0) is 14.1. The van der Waals surface area contributed by atoms with E-state index in [1.54, 1.807) is 0 Å². The van der Waals surface area contributed by atoms with E-state index in [0.717, 1.165) is 33.6 Å². The minimum atomic E-state index is 0.0229. The van der Waals surface area contributed by atoms with Gasteiger partial charge in [0.1, 0.15) is 6.54 Å². The molecule has 1 aliphatic rings. The second-order valence-electron chi connectivity index (χ2n) is 5.30. The molecule has 0 radical (unpaired) electrons. The molecular formula is C15H18N3O2+. The predicted molar refractivity (Wildman–Crippen MR) is 75.9 cm³/mol. The molecule has 0 saturated carbocycles. The van der Waals surface area contributed by atoms with Gasteiger partial charge in [-0.2, -0.15) is 0 Å². The topological polar surface area (TPSA) is 66.4 Å². The largest absolute Gasteiger partial charge is 0.358 e. The number of rotatable bonds is 3. The SMILES string of the molecule is Cc1[nH]c2ccccc2c1C(=O)C[NH+]1CCNC(=O)C1. The first-order valence-electron chi connectivity index (χ1n) is 6.86. The van der Waals surface area contributed by atoms with Crippen molar-refractivity contribution in [1.29, 1.82) is 0 Å². The smallest absolute Gasteiger partial charge is 0.275 e. The number of aromatic amines is 1. The number of quaternary nitrogens is 1. The number of aromatic nitrogens is 1. The highest BCUT2D eigenvalue weighted by Gasteiger charge is 2.25. The Kier molecular flexibility index (Phi) is 3.28. The van der Waals surface area contributed by atoms with Crippen LogP contribution in [-0.4, -0.2) is 42.9 Å². The number of piperazine rings is 1. The van der Waals surface area contributed by atoms with Crippen molar-refractivity contribution < 1.29 is 14.5 Å². The number of carbonyl (C=O) groups is 2. The second kappa shape index (κ2) is 5.09. The fraction of sp³-hybridized carbons (Fsp3) is 0.333. The molecule has 1 unspecified atom stereocenters. The van der Waals surface area contributed by atoms with E-state index in [-0.39, 0.29) is 11.7 Å². The molecule has 3 N–H and O–H groups in total. The molecular weight excluding hydrogens is 254 g/mol. The zero-order valence-corrected chi connectivity index (χ0v) is 11.5. The summed E-state index contributed by atoms with van der Waals surface area (Å²) in [4.78, 5) is 28.2. The van der Waals surface area contributed by atoms with Gasteiger partial charge in [0.2, 0.25) is 5.78 Å². The van der Waals surface area contributed by atoms with E-state index in [0.29, 0.717) is 19.6 Å². The summed E-state index contributed by atoms with van der Waals surface area (Å²) < 4.78 is 0. The Labute approximate surface area is 117 Å². The Morgan fingerprint density at radius 3 is 2.95 bits per heavy atom. The standard InChI is InChI=1S/C15H17N3O2/c1-10-15(11-4-2-3-5-12(11)17-10)13(19)8-18-7-6-16-14(20)9-18/h2-5,17H,6-9H2,1H3,(H,16,20)/p+1. The van der Waals surface area contributed by atoms with Crippen LogP contribution in [0.4, 0.5) is 0 Å². The Morgan fingerprint density at radius 2 is 2.15 bits per heavy atom. The molecule has 1 saturated heterocycles. The van der Waals surface area contributed by atoms with Gasteiger partial charge in [-0.25, -0.2) is 0 Å². The molecule has 1 aromatic heterocycles. The van der Waals surface area contributed by atoms with Crippen molar-refractivity contribution in [1.82, 2.24) is 10.3 Å². The first kappa shape index (κ1) is 12.9. The molecule has 5 nitrogen and oxygen atoms in total. The van der Waals surface area contributed by atoms with E-state index in [1.165, 1.54) is 0 Å². The average Bonchev–Trinajstić information content (AvgIpc) is 2.74. The third kappa shape index (κ3) is 2.32. The van der Waals surface area contributed by atoms with Crippen LogP contribution in [-0.2, 0) is 4.79 Å². The lowest BCUT2D eigenvalue weighted by Gasteiger charge is -2.22. The number of benzene rings is 1. The molecule has 2 heterocycles. The molecule has 5 heteroatoms. The highest BCUT2D eigenvalue weighted by atomic mass is 16.2. The van der Waals surface area contributed by atoms with E-state index in [9.17, 15) is 9.59 Å². The molecule has 20 heavy (non-hydrogen) atoms. The van der Waals surface area contributed by atoms with Crippen molar-refractivity contribution in [2.75, 3.05) is 26.2 Å². The third-order valence-corrected chi connectivity index (χ3v) is 3.79. The fourth-order valence-electron chi connectivity index (χ4n) is 2.86. The monoisotopic (exact) mass is 272 g/mol. The molecule has 1 amide bonds. The number of H-pyrrole nitrogens is 1. The van der Waals surface area contributed by atoms with Gasteiger partial charge < -0.3 is 15.2 Å². The molecule has 0 bridgehead atoms. The summed E-state index contributed by atoms with van der Waals surface area (Å²) >= 11 is 0. The normalized spacial score (nSPS) is 19.1. The number of amides is 1. The number of hydrogen-bond acceptors (Lipinski definition) is 2. The number of fused-ring (bicyclic) bond motifs is 1. The Hall–Kier alpha value is -2.14. The average molecular weight is 272 g/mol. The highest BCUT2D eigenvalue weighted by molar-refractivity contribution is 6.09. The van der Waals surface area contributed by atoms with Gasteiger partial charge in [-0.05, 0) is 13.0 Å². The van der Waals surface area contributed by atoms with Gasteiger partial charge in [0.25, 0.3) is 5.91 Å². The predicted octanol–water partition coefficient (Wildman–Crippen LogP) is -0.326. The number of Topliss-reactive ketones (excluding diaryl/α,β-unsaturated/α-hetero) is 1. The Balaban J connectivity index is 1.85. The summed E-state index contributed by atoms with van der Waals surface area (Å²) in [6.07, 6.45) is 0. The lowest BCUT2D eigenvalue weighted by Crippen LogP contribution is -3.16. The first-order chi connectivity index (χ1) is 9.65. The number of ketones is 1. The number of hydrogen-bond donors (Lipinski definition) is 3. The summed E-state index contributed by atoms with van der Waals surface area (Å²) in [5.74, 6) is 0.124. The van der Waals surface area contributed by atoms with Gasteiger partial charge in [0, 0.05) is 16.6 Å². The Bertz CT molecular complexity index is 675. The maximum absolute atomic E-state index is 12.5. The van der Waals surface area contributed by atoms with Crippen LogP contribution in [0.5, 0.6) is 0 Å². The number of aryl methyl sites for hydroxylation is 1. The first-order valence-corrected chi connectivity index (χ1v) is 6.86. The van der Waals surface area contributed by atoms with E-state index in [4.69, 9.17) is 0 Å². The molecule has 1 fully saturated rings. The van der Waals surface area contributed by atoms with Gasteiger partial charge in [-0.3, -0.25) is 9.59 Å². The summed E-state index contributed by atoms with van der Waals surface area (Å²) in [6, 6.07) is 7.82. The Morgan fingerprint density at radius 1 is 1.35 bits per heavy atom. The molecule has 2 aromatic rings. The molecule has 104 valence electrons. The minimum absolute atomic E-state index is 0.0229. The summed E-state index contributed by atoms with van der Waals surface area (Å²) in [6.45, 7) is 4.13. The summed E-state index contributed by atoms with van der Waals surface area (Å²) in [5, 5.41) is 3.75. The number of carbonyl (C=O) groups excluding carboxylic acids is 2. The molecule has 1 aromatic carbocycles. The molecule has 3 rings (SSSR count). The van der Waals surface area contributed by atoms with Gasteiger partial charge in [0.05, 0.1) is 18.7 Å². The van der Waals surface area contributed by atoms with Gasteiger partial charge in [-0.15, -0.1) is 0 Å². The molecule has 0 aliphatic carbocycles. The zero-order valence-electron chi connectivity index (χ0n) is 11.5.